The van der Waals surface area contributed by atoms with Crippen LogP contribution >= 0.6 is 11.8 Å². The monoisotopic (exact) mass is 390 g/mol. The van der Waals surface area contributed by atoms with Crippen molar-refractivity contribution in [2.75, 3.05) is 4.90 Å². The summed E-state index contributed by atoms with van der Waals surface area (Å²) in [5.41, 5.74) is 4.47. The fraction of sp³-hybridized carbons (Fsp3) is 0.438. The van der Waals surface area contributed by atoms with Gasteiger partial charge in [0.25, 0.3) is 0 Å². The molecule has 0 bridgehead atoms. The third-order valence-electron chi connectivity index (χ3n) is 4.00. The van der Waals surface area contributed by atoms with Crippen LogP contribution in [0.25, 0.3) is 0 Å². The molecule has 0 aliphatic carbocycles. The largest absolute Gasteiger partial charge is 0.480 e. The van der Waals surface area contributed by atoms with E-state index in [-0.39, 0.29) is 12.1 Å². The molecule has 2 unspecified atom stereocenters. The molecule has 1 aromatic rings. The zero-order valence-corrected chi connectivity index (χ0v) is 14.7. The highest BCUT2D eigenvalue weighted by Gasteiger charge is 2.45. The van der Waals surface area contributed by atoms with Crippen LogP contribution < -0.4 is 10.6 Å². The van der Waals surface area contributed by atoms with Crippen molar-refractivity contribution >= 4 is 35.2 Å². The van der Waals surface area contributed by atoms with E-state index in [1.54, 1.807) is 0 Å². The highest BCUT2D eigenvalue weighted by molar-refractivity contribution is 8.02. The first kappa shape index (κ1) is 20.2. The molecule has 1 aromatic carbocycles. The van der Waals surface area contributed by atoms with Crippen LogP contribution in [0.4, 0.5) is 18.9 Å². The number of hydrogen-bond acceptors (Lipinski definition) is 5. The Bertz CT molecular complexity index is 751. The number of carbonyl (C=O) groups is 3. The number of rotatable bonds is 5. The van der Waals surface area contributed by atoms with E-state index >= 15 is 0 Å². The van der Waals surface area contributed by atoms with E-state index in [4.69, 9.17) is 10.8 Å². The predicted molar refractivity (Wildman–Crippen MR) is 89.6 cm³/mol. The van der Waals surface area contributed by atoms with Gasteiger partial charge in [-0.05, 0) is 32.0 Å². The molecule has 0 radical (unpaired) electrons. The first-order chi connectivity index (χ1) is 11.8. The Hall–Kier alpha value is -2.07. The third kappa shape index (κ3) is 4.01. The van der Waals surface area contributed by atoms with Gasteiger partial charge >= 0.3 is 12.1 Å². The molecule has 1 aliphatic rings. The van der Waals surface area contributed by atoms with E-state index in [1.165, 1.54) is 19.9 Å². The van der Waals surface area contributed by atoms with E-state index in [9.17, 15) is 27.6 Å². The molecule has 0 saturated carbocycles. The number of hydrogen-bond donors (Lipinski definition) is 2. The summed E-state index contributed by atoms with van der Waals surface area (Å²) in [4.78, 5) is 36.6. The molecule has 1 fully saturated rings. The molecule has 2 atom stereocenters. The van der Waals surface area contributed by atoms with Crippen molar-refractivity contribution in [2.24, 2.45) is 5.73 Å². The molecule has 1 heterocycles. The van der Waals surface area contributed by atoms with Crippen molar-refractivity contribution in [1.29, 1.82) is 0 Å². The average molecular weight is 390 g/mol. The molecule has 3 N–H and O–H groups in total. The van der Waals surface area contributed by atoms with Crippen LogP contribution in [0.2, 0.25) is 0 Å². The number of alkyl halides is 3. The van der Waals surface area contributed by atoms with Crippen LogP contribution in [-0.4, -0.2) is 38.9 Å². The highest BCUT2D eigenvalue weighted by Crippen LogP contribution is 2.39. The number of amides is 2. The zero-order chi connectivity index (χ0) is 19.9. The van der Waals surface area contributed by atoms with Gasteiger partial charge in [0.05, 0.1) is 16.5 Å². The first-order valence-corrected chi connectivity index (χ1v) is 8.43. The summed E-state index contributed by atoms with van der Waals surface area (Å²) >= 11 is 0.926. The molecule has 6 nitrogen and oxygen atoms in total. The molecule has 0 aromatic heterocycles. The standard InChI is InChI=1S/C16H17F3N2O4S/c1-15(2,12(20)14(24)25)26-10-7-11(22)21(13(10)23)9-5-3-4-8(6-9)16(17,18)19/h3-6,10,12H,7,20H2,1-2H3,(H,24,25). The Morgan fingerprint density at radius 3 is 2.50 bits per heavy atom. The lowest BCUT2D eigenvalue weighted by atomic mass is 10.1. The van der Waals surface area contributed by atoms with E-state index in [0.717, 1.165) is 30.0 Å². The maximum absolute atomic E-state index is 12.9. The number of carboxylic acids is 1. The number of nitrogens with zero attached hydrogens (tertiary/aromatic N) is 1. The van der Waals surface area contributed by atoms with Crippen molar-refractivity contribution in [3.8, 4) is 0 Å². The summed E-state index contributed by atoms with van der Waals surface area (Å²) in [5.74, 6) is -2.59. The highest BCUT2D eigenvalue weighted by atomic mass is 32.2. The van der Waals surface area contributed by atoms with Gasteiger partial charge < -0.3 is 10.8 Å². The molecule has 26 heavy (non-hydrogen) atoms. The summed E-state index contributed by atoms with van der Waals surface area (Å²) in [5, 5.41) is 8.12. The Balaban J connectivity index is 2.26. The maximum Gasteiger partial charge on any atom is 0.416 e. The minimum absolute atomic E-state index is 0.168. The summed E-state index contributed by atoms with van der Waals surface area (Å²) in [7, 11) is 0. The summed E-state index contributed by atoms with van der Waals surface area (Å²) < 4.78 is 37.5. The van der Waals surface area contributed by atoms with E-state index in [1.807, 2.05) is 0 Å². The number of aliphatic carboxylic acids is 1. The second-order valence-electron chi connectivity index (χ2n) is 6.35. The van der Waals surface area contributed by atoms with Gasteiger partial charge in [-0.2, -0.15) is 13.2 Å². The van der Waals surface area contributed by atoms with Gasteiger partial charge in [-0.15, -0.1) is 11.8 Å². The number of carboxylic acid groups (broad SMARTS) is 1. The molecule has 2 amide bonds. The molecule has 142 valence electrons. The number of benzene rings is 1. The minimum Gasteiger partial charge on any atom is -0.480 e. The smallest absolute Gasteiger partial charge is 0.416 e. The third-order valence-corrected chi connectivity index (χ3v) is 5.51. The number of thioether (sulfide) groups is 1. The van der Waals surface area contributed by atoms with Gasteiger partial charge in [-0.1, -0.05) is 6.07 Å². The molecule has 1 saturated heterocycles. The lowest BCUT2D eigenvalue weighted by molar-refractivity contribution is -0.139. The SMILES string of the molecule is CC(C)(SC1CC(=O)N(c2cccc(C(F)(F)F)c2)C1=O)C(N)C(=O)O. The Kier molecular flexibility index (Phi) is 5.39. The van der Waals surface area contributed by atoms with Crippen molar-refractivity contribution in [3.05, 3.63) is 29.8 Å². The molecular formula is C16H17F3N2O4S. The second kappa shape index (κ2) is 6.92. The summed E-state index contributed by atoms with van der Waals surface area (Å²) in [6, 6.07) is 2.65. The molecule has 0 spiro atoms. The van der Waals surface area contributed by atoms with Gasteiger partial charge in [-0.3, -0.25) is 14.4 Å². The Morgan fingerprint density at radius 1 is 1.35 bits per heavy atom. The topological polar surface area (TPSA) is 101 Å². The normalized spacial score (nSPS) is 19.8. The molecule has 10 heteroatoms. The number of halogens is 3. The number of nitrogens with two attached hydrogens (primary N) is 1. The van der Waals surface area contributed by atoms with Gasteiger partial charge in [0.2, 0.25) is 11.8 Å². The maximum atomic E-state index is 12.9. The lowest BCUT2D eigenvalue weighted by Crippen LogP contribution is -2.48. The number of imide groups is 1. The molecular weight excluding hydrogens is 373 g/mol. The van der Waals surface area contributed by atoms with Gasteiger partial charge in [0, 0.05) is 11.2 Å². The van der Waals surface area contributed by atoms with Gasteiger partial charge in [0.1, 0.15) is 6.04 Å². The summed E-state index contributed by atoms with van der Waals surface area (Å²) in [6.45, 7) is 3.06. The van der Waals surface area contributed by atoms with Crippen LogP contribution in [0.5, 0.6) is 0 Å². The zero-order valence-electron chi connectivity index (χ0n) is 13.9. The van der Waals surface area contributed by atoms with Gasteiger partial charge in [0.15, 0.2) is 0 Å². The Morgan fingerprint density at radius 2 is 1.96 bits per heavy atom. The number of carbonyl (C=O) groups excluding carboxylic acids is 2. The molecule has 2 rings (SSSR count). The quantitative estimate of drug-likeness (QED) is 0.748. The van der Waals surface area contributed by atoms with Crippen LogP contribution in [0.15, 0.2) is 24.3 Å². The Labute approximate surface area is 151 Å². The van der Waals surface area contributed by atoms with E-state index < -0.39 is 45.6 Å². The van der Waals surface area contributed by atoms with Gasteiger partial charge in [-0.25, -0.2) is 4.90 Å². The molecule has 1 aliphatic heterocycles. The second-order valence-corrected chi connectivity index (χ2v) is 8.20. The van der Waals surface area contributed by atoms with Crippen molar-refractivity contribution in [2.45, 2.75) is 42.5 Å². The van der Waals surface area contributed by atoms with E-state index in [2.05, 4.69) is 0 Å². The summed E-state index contributed by atoms with van der Waals surface area (Å²) in [6.07, 6.45) is -4.85. The number of anilines is 1. The lowest BCUT2D eigenvalue weighted by Gasteiger charge is -2.30. The van der Waals surface area contributed by atoms with Crippen LogP contribution in [-0.2, 0) is 20.6 Å². The van der Waals surface area contributed by atoms with Crippen molar-refractivity contribution in [3.63, 3.8) is 0 Å². The average Bonchev–Trinajstić information content (AvgIpc) is 2.79. The van der Waals surface area contributed by atoms with E-state index in [0.29, 0.717) is 4.90 Å². The van der Waals surface area contributed by atoms with Crippen LogP contribution in [0.1, 0.15) is 25.8 Å². The van der Waals surface area contributed by atoms with Crippen molar-refractivity contribution < 1.29 is 32.7 Å². The fourth-order valence-corrected chi connectivity index (χ4v) is 3.94. The van der Waals surface area contributed by atoms with Crippen molar-refractivity contribution in [1.82, 2.24) is 0 Å². The van der Waals surface area contributed by atoms with Crippen LogP contribution in [0.3, 0.4) is 0 Å². The first-order valence-electron chi connectivity index (χ1n) is 7.55. The predicted octanol–water partition coefficient (Wildman–Crippen LogP) is 2.26. The van der Waals surface area contributed by atoms with Crippen LogP contribution in [0, 0.1) is 0 Å². The fourth-order valence-electron chi connectivity index (χ4n) is 2.53. The minimum atomic E-state index is -4.60.